The van der Waals surface area contributed by atoms with Crippen LogP contribution in [-0.2, 0) is 16.0 Å². The number of ether oxygens (including phenoxy) is 1. The van der Waals surface area contributed by atoms with Crippen molar-refractivity contribution in [3.63, 3.8) is 0 Å². The van der Waals surface area contributed by atoms with Crippen LogP contribution in [0.25, 0.3) is 0 Å². The number of amides is 1. The summed E-state index contributed by atoms with van der Waals surface area (Å²) in [4.78, 5) is 39.8. The molecule has 7 heteroatoms. The van der Waals surface area contributed by atoms with Crippen LogP contribution in [0.4, 0.5) is 11.4 Å². The zero-order chi connectivity index (χ0) is 18.4. The lowest BCUT2D eigenvalue weighted by Crippen LogP contribution is -2.21. The first kappa shape index (κ1) is 18.3. The van der Waals surface area contributed by atoms with Crippen LogP contribution < -0.4 is 15.8 Å². The summed E-state index contributed by atoms with van der Waals surface area (Å²) in [7, 11) is 5.15. The van der Waals surface area contributed by atoms with E-state index in [2.05, 4.69) is 15.0 Å². The highest BCUT2D eigenvalue weighted by Crippen LogP contribution is 2.15. The van der Waals surface area contributed by atoms with E-state index in [1.54, 1.807) is 0 Å². The van der Waals surface area contributed by atoms with Gasteiger partial charge in [-0.1, -0.05) is 12.1 Å². The highest BCUT2D eigenvalue weighted by atomic mass is 16.5. The summed E-state index contributed by atoms with van der Waals surface area (Å²) in [5, 5.41) is 2.54. The third-order valence-corrected chi connectivity index (χ3v) is 3.67. The molecule has 1 amide bonds. The SMILES string of the molecule is COC(=O)c1c[nH]c(=O)c(NC(=O)CCc2cccc(N(C)C)c2)c1. The number of rotatable bonds is 6. The minimum absolute atomic E-state index is 0.0231. The third kappa shape index (κ3) is 4.94. The summed E-state index contributed by atoms with van der Waals surface area (Å²) in [6, 6.07) is 9.19. The van der Waals surface area contributed by atoms with Gasteiger partial charge in [-0.3, -0.25) is 9.59 Å². The molecule has 0 aliphatic carbocycles. The molecule has 0 aliphatic heterocycles. The van der Waals surface area contributed by atoms with Crippen LogP contribution in [-0.4, -0.2) is 38.1 Å². The lowest BCUT2D eigenvalue weighted by Gasteiger charge is -2.13. The summed E-state index contributed by atoms with van der Waals surface area (Å²) in [6.45, 7) is 0. The molecule has 1 aromatic heterocycles. The normalized spacial score (nSPS) is 10.2. The van der Waals surface area contributed by atoms with Crippen molar-refractivity contribution in [2.45, 2.75) is 12.8 Å². The molecule has 0 radical (unpaired) electrons. The number of carbonyl (C=O) groups excluding carboxylic acids is 2. The van der Waals surface area contributed by atoms with Crippen LogP contribution >= 0.6 is 0 Å². The smallest absolute Gasteiger partial charge is 0.339 e. The van der Waals surface area contributed by atoms with E-state index in [0.29, 0.717) is 6.42 Å². The number of esters is 1. The molecule has 2 aromatic rings. The lowest BCUT2D eigenvalue weighted by atomic mass is 10.1. The number of nitrogens with zero attached hydrogens (tertiary/aromatic N) is 1. The Morgan fingerprint density at radius 3 is 2.68 bits per heavy atom. The molecule has 7 nitrogen and oxygen atoms in total. The fraction of sp³-hybridized carbons (Fsp3) is 0.278. The summed E-state index contributed by atoms with van der Waals surface area (Å²) >= 11 is 0. The van der Waals surface area contributed by atoms with Gasteiger partial charge in [0.15, 0.2) is 0 Å². The molecule has 0 fully saturated rings. The average Bonchev–Trinajstić information content (AvgIpc) is 2.61. The number of hydrogen-bond donors (Lipinski definition) is 2. The van der Waals surface area contributed by atoms with Crippen molar-refractivity contribution in [2.75, 3.05) is 31.4 Å². The van der Waals surface area contributed by atoms with Gasteiger partial charge in [0.1, 0.15) is 5.69 Å². The van der Waals surface area contributed by atoms with Crippen molar-refractivity contribution < 1.29 is 14.3 Å². The Morgan fingerprint density at radius 1 is 1.24 bits per heavy atom. The summed E-state index contributed by atoms with van der Waals surface area (Å²) in [5.74, 6) is -0.893. The van der Waals surface area contributed by atoms with Crippen LogP contribution in [0.2, 0.25) is 0 Å². The summed E-state index contributed by atoms with van der Waals surface area (Å²) in [6.07, 6.45) is 2.01. The third-order valence-electron chi connectivity index (χ3n) is 3.67. The Hall–Kier alpha value is -3.09. The van der Waals surface area contributed by atoms with Crippen LogP contribution in [0.5, 0.6) is 0 Å². The fourth-order valence-corrected chi connectivity index (χ4v) is 2.27. The topological polar surface area (TPSA) is 91.5 Å². The largest absolute Gasteiger partial charge is 0.465 e. The predicted molar refractivity (Wildman–Crippen MR) is 96.1 cm³/mol. The van der Waals surface area contributed by atoms with Gasteiger partial charge in [0, 0.05) is 32.4 Å². The van der Waals surface area contributed by atoms with E-state index in [1.165, 1.54) is 19.4 Å². The molecule has 2 rings (SSSR count). The second-order valence-corrected chi connectivity index (χ2v) is 5.74. The van der Waals surface area contributed by atoms with E-state index in [9.17, 15) is 14.4 Å². The Balaban J connectivity index is 2.02. The first-order valence-electron chi connectivity index (χ1n) is 7.78. The molecule has 0 atom stereocenters. The standard InChI is InChI=1S/C18H21N3O4/c1-21(2)14-6-4-5-12(9-14)7-8-16(22)20-15-10-13(18(24)25-3)11-19-17(15)23/h4-6,9-11H,7-8H2,1-3H3,(H,19,23)(H,20,22). The number of anilines is 2. The minimum Gasteiger partial charge on any atom is -0.465 e. The number of carbonyl (C=O) groups is 2. The van der Waals surface area contributed by atoms with Crippen LogP contribution in [0.3, 0.4) is 0 Å². The van der Waals surface area contributed by atoms with Gasteiger partial charge in [-0.05, 0) is 30.2 Å². The van der Waals surface area contributed by atoms with Crippen LogP contribution in [0.1, 0.15) is 22.3 Å². The highest BCUT2D eigenvalue weighted by Gasteiger charge is 2.11. The maximum absolute atomic E-state index is 12.1. The molecule has 25 heavy (non-hydrogen) atoms. The quantitative estimate of drug-likeness (QED) is 0.781. The lowest BCUT2D eigenvalue weighted by molar-refractivity contribution is -0.116. The number of nitrogens with one attached hydrogen (secondary N) is 2. The monoisotopic (exact) mass is 343 g/mol. The first-order chi connectivity index (χ1) is 11.9. The van der Waals surface area contributed by atoms with Gasteiger partial charge in [-0.2, -0.15) is 0 Å². The van der Waals surface area contributed by atoms with Gasteiger partial charge < -0.3 is 19.9 Å². The highest BCUT2D eigenvalue weighted by molar-refractivity contribution is 5.94. The Morgan fingerprint density at radius 2 is 2.00 bits per heavy atom. The number of aryl methyl sites for hydroxylation is 1. The van der Waals surface area contributed by atoms with Crippen LogP contribution in [0.15, 0.2) is 41.3 Å². The molecular formula is C18H21N3O4. The molecule has 0 spiro atoms. The Labute approximate surface area is 145 Å². The van der Waals surface area contributed by atoms with E-state index in [4.69, 9.17) is 0 Å². The zero-order valence-corrected chi connectivity index (χ0v) is 14.5. The van der Waals surface area contributed by atoms with Gasteiger partial charge in [0.05, 0.1) is 12.7 Å². The number of hydrogen-bond acceptors (Lipinski definition) is 5. The van der Waals surface area contributed by atoms with Gasteiger partial charge in [-0.25, -0.2) is 4.79 Å². The molecule has 1 heterocycles. The van der Waals surface area contributed by atoms with E-state index in [0.717, 1.165) is 11.3 Å². The van der Waals surface area contributed by atoms with Crippen LogP contribution in [0, 0.1) is 0 Å². The molecular weight excluding hydrogens is 322 g/mol. The average molecular weight is 343 g/mol. The number of aromatic nitrogens is 1. The number of aromatic amines is 1. The van der Waals surface area contributed by atoms with Gasteiger partial charge in [-0.15, -0.1) is 0 Å². The van der Waals surface area contributed by atoms with Crippen molar-refractivity contribution >= 4 is 23.3 Å². The number of methoxy groups -OCH3 is 1. The summed E-state index contributed by atoms with van der Waals surface area (Å²) < 4.78 is 4.59. The molecule has 2 N–H and O–H groups in total. The molecule has 0 unspecified atom stereocenters. The zero-order valence-electron chi connectivity index (χ0n) is 14.5. The van der Waals surface area contributed by atoms with Crippen molar-refractivity contribution in [1.82, 2.24) is 4.98 Å². The first-order valence-corrected chi connectivity index (χ1v) is 7.78. The molecule has 0 saturated carbocycles. The van der Waals surface area contributed by atoms with Gasteiger partial charge in [0.25, 0.3) is 5.56 Å². The second kappa shape index (κ2) is 8.14. The van der Waals surface area contributed by atoms with E-state index in [1.807, 2.05) is 43.3 Å². The van der Waals surface area contributed by atoms with E-state index < -0.39 is 11.5 Å². The van der Waals surface area contributed by atoms with Crippen molar-refractivity contribution in [2.24, 2.45) is 0 Å². The predicted octanol–water partition coefficient (Wildman–Crippen LogP) is 1.80. The Bertz CT molecular complexity index is 827. The number of pyridine rings is 1. The van der Waals surface area contributed by atoms with Gasteiger partial charge >= 0.3 is 5.97 Å². The molecule has 132 valence electrons. The van der Waals surface area contributed by atoms with Crippen molar-refractivity contribution in [3.8, 4) is 0 Å². The molecule has 0 saturated heterocycles. The van der Waals surface area contributed by atoms with E-state index in [-0.39, 0.29) is 23.6 Å². The Kier molecular flexibility index (Phi) is 5.94. The summed E-state index contributed by atoms with van der Waals surface area (Å²) in [5.41, 5.74) is 1.79. The van der Waals surface area contributed by atoms with E-state index >= 15 is 0 Å². The number of benzene rings is 1. The maximum atomic E-state index is 12.1. The van der Waals surface area contributed by atoms with Crippen molar-refractivity contribution in [3.05, 3.63) is 58.0 Å². The minimum atomic E-state index is -0.591. The fourth-order valence-electron chi connectivity index (χ4n) is 2.27. The number of H-pyrrole nitrogens is 1. The molecule has 1 aromatic carbocycles. The van der Waals surface area contributed by atoms with Crippen molar-refractivity contribution in [1.29, 1.82) is 0 Å². The molecule has 0 aliphatic rings. The maximum Gasteiger partial charge on any atom is 0.339 e. The molecule has 0 bridgehead atoms. The van der Waals surface area contributed by atoms with Gasteiger partial charge in [0.2, 0.25) is 5.91 Å². The second-order valence-electron chi connectivity index (χ2n) is 5.74.